The predicted octanol–water partition coefficient (Wildman–Crippen LogP) is 2.90. The van der Waals surface area contributed by atoms with Gasteiger partial charge in [-0.2, -0.15) is 0 Å². The summed E-state index contributed by atoms with van der Waals surface area (Å²) in [4.78, 5) is 2.53. The molecule has 1 heterocycles. The number of alkyl halides is 1. The van der Waals surface area contributed by atoms with E-state index in [1.807, 2.05) is 6.08 Å². The third kappa shape index (κ3) is 3.70. The summed E-state index contributed by atoms with van der Waals surface area (Å²) in [5.41, 5.74) is 0. The van der Waals surface area contributed by atoms with E-state index in [4.69, 9.17) is 11.6 Å². The Morgan fingerprint density at radius 1 is 1.38 bits per heavy atom. The number of allylic oxidation sites excluding steroid dienone is 1. The molecule has 0 radical (unpaired) electrons. The van der Waals surface area contributed by atoms with Crippen LogP contribution in [0.25, 0.3) is 0 Å². The smallest absolute Gasteiger partial charge is 0.0404 e. The molecule has 1 fully saturated rings. The maximum absolute atomic E-state index is 5.57. The van der Waals surface area contributed by atoms with Crippen LogP contribution < -0.4 is 0 Å². The normalized spacial score (nSPS) is 31.3. The zero-order chi connectivity index (χ0) is 9.68. The van der Waals surface area contributed by atoms with Crippen LogP contribution in [0.5, 0.6) is 0 Å². The van der Waals surface area contributed by atoms with Crippen LogP contribution in [0.15, 0.2) is 12.2 Å². The van der Waals surface area contributed by atoms with E-state index in [9.17, 15) is 0 Å². The summed E-state index contributed by atoms with van der Waals surface area (Å²) in [6, 6.07) is 0.740. The van der Waals surface area contributed by atoms with Gasteiger partial charge >= 0.3 is 0 Å². The first-order valence-electron chi connectivity index (χ1n) is 5.19. The number of halogens is 1. The minimum atomic E-state index is 0.638. The molecule has 13 heavy (non-hydrogen) atoms. The molecule has 0 spiro atoms. The summed E-state index contributed by atoms with van der Waals surface area (Å²) in [5, 5.41) is 0. The van der Waals surface area contributed by atoms with E-state index in [1.165, 1.54) is 19.4 Å². The van der Waals surface area contributed by atoms with Crippen LogP contribution in [0.1, 0.15) is 26.7 Å². The van der Waals surface area contributed by atoms with Crippen LogP contribution >= 0.6 is 11.6 Å². The van der Waals surface area contributed by atoms with Gasteiger partial charge in [0.2, 0.25) is 0 Å². The van der Waals surface area contributed by atoms with E-state index in [2.05, 4.69) is 24.8 Å². The van der Waals surface area contributed by atoms with Crippen LogP contribution in [0.2, 0.25) is 0 Å². The van der Waals surface area contributed by atoms with Gasteiger partial charge in [-0.25, -0.2) is 0 Å². The molecule has 0 aromatic rings. The Balaban J connectivity index is 2.29. The Morgan fingerprint density at radius 2 is 2.15 bits per heavy atom. The minimum absolute atomic E-state index is 0.638. The SMILES string of the molecule is CC1CCN(CC=CCCl)C(C)C1. The summed E-state index contributed by atoms with van der Waals surface area (Å²) < 4.78 is 0. The van der Waals surface area contributed by atoms with Crippen molar-refractivity contribution in [1.29, 1.82) is 0 Å². The van der Waals surface area contributed by atoms with Gasteiger partial charge in [-0.1, -0.05) is 19.1 Å². The lowest BCUT2D eigenvalue weighted by Gasteiger charge is -2.35. The van der Waals surface area contributed by atoms with Gasteiger partial charge in [0, 0.05) is 18.5 Å². The molecule has 0 N–H and O–H groups in total. The second-order valence-electron chi connectivity index (χ2n) is 4.10. The van der Waals surface area contributed by atoms with Crippen molar-refractivity contribution in [2.75, 3.05) is 19.0 Å². The first kappa shape index (κ1) is 11.1. The molecular weight excluding hydrogens is 182 g/mol. The summed E-state index contributed by atoms with van der Waals surface area (Å²) in [6.07, 6.45) is 6.90. The van der Waals surface area contributed by atoms with Crippen molar-refractivity contribution < 1.29 is 0 Å². The molecular formula is C11H20ClN. The number of hydrogen-bond donors (Lipinski definition) is 0. The van der Waals surface area contributed by atoms with Gasteiger partial charge in [0.25, 0.3) is 0 Å². The molecule has 2 unspecified atom stereocenters. The minimum Gasteiger partial charge on any atom is -0.297 e. The molecule has 1 nitrogen and oxygen atoms in total. The number of piperidine rings is 1. The van der Waals surface area contributed by atoms with Crippen LogP contribution in [-0.2, 0) is 0 Å². The second kappa shape index (κ2) is 5.66. The average molecular weight is 202 g/mol. The maximum atomic E-state index is 5.57. The van der Waals surface area contributed by atoms with Crippen molar-refractivity contribution in [3.05, 3.63) is 12.2 Å². The van der Waals surface area contributed by atoms with E-state index in [-0.39, 0.29) is 0 Å². The molecule has 0 aromatic heterocycles. The fourth-order valence-corrected chi connectivity index (χ4v) is 2.13. The van der Waals surface area contributed by atoms with Gasteiger partial charge in [-0.3, -0.25) is 4.90 Å². The van der Waals surface area contributed by atoms with Crippen molar-refractivity contribution in [2.45, 2.75) is 32.7 Å². The third-order valence-corrected chi connectivity index (χ3v) is 3.05. The highest BCUT2D eigenvalue weighted by molar-refractivity contribution is 6.18. The van der Waals surface area contributed by atoms with Crippen LogP contribution in [0.4, 0.5) is 0 Å². The molecule has 0 aliphatic carbocycles. The zero-order valence-electron chi connectivity index (χ0n) is 8.67. The predicted molar refractivity (Wildman–Crippen MR) is 59.3 cm³/mol. The molecule has 0 saturated carbocycles. The van der Waals surface area contributed by atoms with Crippen molar-refractivity contribution in [3.8, 4) is 0 Å². The number of likely N-dealkylation sites (tertiary alicyclic amines) is 1. The lowest BCUT2D eigenvalue weighted by Crippen LogP contribution is -2.40. The quantitative estimate of drug-likeness (QED) is 0.502. The maximum Gasteiger partial charge on any atom is 0.0404 e. The van der Waals surface area contributed by atoms with Gasteiger partial charge in [-0.05, 0) is 32.2 Å². The molecule has 2 heteroatoms. The fourth-order valence-electron chi connectivity index (χ4n) is 2.00. The number of hydrogen-bond acceptors (Lipinski definition) is 1. The van der Waals surface area contributed by atoms with Crippen molar-refractivity contribution in [1.82, 2.24) is 4.90 Å². The molecule has 0 bridgehead atoms. The monoisotopic (exact) mass is 201 g/mol. The first-order valence-corrected chi connectivity index (χ1v) is 5.72. The summed E-state index contributed by atoms with van der Waals surface area (Å²) in [5.74, 6) is 1.54. The van der Waals surface area contributed by atoms with Crippen LogP contribution in [-0.4, -0.2) is 29.9 Å². The standard InChI is InChI=1S/C11H20ClN/c1-10-5-8-13(11(2)9-10)7-4-3-6-12/h3-4,10-11H,5-9H2,1-2H3. The fraction of sp³-hybridized carbons (Fsp3) is 0.818. The summed E-state index contributed by atoms with van der Waals surface area (Å²) in [7, 11) is 0. The zero-order valence-corrected chi connectivity index (χ0v) is 9.43. The van der Waals surface area contributed by atoms with E-state index in [1.54, 1.807) is 0 Å². The van der Waals surface area contributed by atoms with Crippen LogP contribution in [0.3, 0.4) is 0 Å². The highest BCUT2D eigenvalue weighted by Crippen LogP contribution is 2.21. The number of nitrogens with zero attached hydrogens (tertiary/aromatic N) is 1. The number of rotatable bonds is 3. The van der Waals surface area contributed by atoms with Gasteiger partial charge < -0.3 is 0 Å². The second-order valence-corrected chi connectivity index (χ2v) is 4.41. The summed E-state index contributed by atoms with van der Waals surface area (Å²) in [6.45, 7) is 6.99. The van der Waals surface area contributed by atoms with Crippen molar-refractivity contribution in [3.63, 3.8) is 0 Å². The molecule has 0 amide bonds. The Labute approximate surface area is 86.8 Å². The highest BCUT2D eigenvalue weighted by atomic mass is 35.5. The van der Waals surface area contributed by atoms with Gasteiger partial charge in [0.1, 0.15) is 0 Å². The Kier molecular flexibility index (Phi) is 4.82. The van der Waals surface area contributed by atoms with E-state index in [0.29, 0.717) is 5.88 Å². The topological polar surface area (TPSA) is 3.24 Å². The molecule has 0 aromatic carbocycles. The third-order valence-electron chi connectivity index (χ3n) is 2.87. The molecule has 76 valence electrons. The van der Waals surface area contributed by atoms with Gasteiger partial charge in [0.05, 0.1) is 0 Å². The van der Waals surface area contributed by atoms with E-state index in [0.717, 1.165) is 18.5 Å². The van der Waals surface area contributed by atoms with Crippen LogP contribution in [0, 0.1) is 5.92 Å². The molecule has 1 saturated heterocycles. The highest BCUT2D eigenvalue weighted by Gasteiger charge is 2.21. The molecule has 1 aliphatic heterocycles. The molecule has 1 aliphatic rings. The average Bonchev–Trinajstić information content (AvgIpc) is 2.09. The Hall–Kier alpha value is -0.0100. The summed E-state index contributed by atoms with van der Waals surface area (Å²) >= 11 is 5.57. The van der Waals surface area contributed by atoms with Crippen molar-refractivity contribution in [2.24, 2.45) is 5.92 Å². The lowest BCUT2D eigenvalue weighted by molar-refractivity contribution is 0.144. The van der Waals surface area contributed by atoms with E-state index < -0.39 is 0 Å². The molecule has 1 rings (SSSR count). The Morgan fingerprint density at radius 3 is 2.77 bits per heavy atom. The van der Waals surface area contributed by atoms with E-state index >= 15 is 0 Å². The van der Waals surface area contributed by atoms with Gasteiger partial charge in [-0.15, -0.1) is 11.6 Å². The van der Waals surface area contributed by atoms with Gasteiger partial charge in [0.15, 0.2) is 0 Å². The Bertz CT molecular complexity index is 167. The largest absolute Gasteiger partial charge is 0.297 e. The van der Waals surface area contributed by atoms with Crippen molar-refractivity contribution >= 4 is 11.6 Å². The lowest BCUT2D eigenvalue weighted by atomic mass is 9.93. The first-order chi connectivity index (χ1) is 6.24. The molecule has 2 atom stereocenters.